The van der Waals surface area contributed by atoms with E-state index < -0.39 is 0 Å². The third-order valence-corrected chi connectivity index (χ3v) is 6.66. The fourth-order valence-corrected chi connectivity index (χ4v) is 4.89. The van der Waals surface area contributed by atoms with Crippen LogP contribution in [0.1, 0.15) is 65.2 Å². The summed E-state index contributed by atoms with van der Waals surface area (Å²) < 4.78 is 1.13. The number of rotatable bonds is 3. The molecule has 2 amide bonds. The average Bonchev–Trinajstić information content (AvgIpc) is 2.96. The van der Waals surface area contributed by atoms with Gasteiger partial charge in [0.05, 0.1) is 0 Å². The fourth-order valence-electron chi connectivity index (χ4n) is 4.24. The highest BCUT2D eigenvalue weighted by Crippen LogP contribution is 2.34. The molecule has 6 heteroatoms. The van der Waals surface area contributed by atoms with Crippen LogP contribution >= 0.6 is 11.3 Å². The van der Waals surface area contributed by atoms with E-state index in [1.807, 2.05) is 14.0 Å². The second kappa shape index (κ2) is 7.90. The highest BCUT2D eigenvalue weighted by molar-refractivity contribution is 7.23. The molecule has 0 spiro atoms. The molecule has 1 aromatic heterocycles. The van der Waals surface area contributed by atoms with Crippen molar-refractivity contribution in [3.63, 3.8) is 0 Å². The maximum Gasteiger partial charge on any atom is 0.324 e. The monoisotopic (exact) mass is 347 g/mol. The Labute approximate surface area is 150 Å². The van der Waals surface area contributed by atoms with Crippen molar-refractivity contribution in [2.45, 2.75) is 77.3 Å². The third-order valence-electron chi connectivity index (χ3n) is 5.83. The average molecular weight is 347 g/mol. The molecule has 24 heavy (non-hydrogen) atoms. The Morgan fingerprint density at radius 2 is 1.58 bits per heavy atom. The van der Waals surface area contributed by atoms with Crippen molar-refractivity contribution in [1.29, 1.82) is 0 Å². The lowest BCUT2D eigenvalue weighted by Gasteiger charge is -2.43. The molecule has 0 aliphatic heterocycles. The molecule has 2 aliphatic rings. The number of urea groups is 1. The number of hydrogen-bond donors (Lipinski definition) is 1. The molecule has 2 saturated carbocycles. The van der Waals surface area contributed by atoms with E-state index in [-0.39, 0.29) is 6.03 Å². The molecule has 2 aliphatic carbocycles. The van der Waals surface area contributed by atoms with Gasteiger partial charge in [-0.1, -0.05) is 13.8 Å². The van der Waals surface area contributed by atoms with Crippen molar-refractivity contribution in [1.82, 2.24) is 9.88 Å². The lowest BCUT2D eigenvalue weighted by atomic mass is 9.82. The molecule has 0 unspecified atom stereocenters. The highest BCUT2D eigenvalue weighted by atomic mass is 32.1. The molecule has 0 bridgehead atoms. The quantitative estimate of drug-likeness (QED) is 0.852. The van der Waals surface area contributed by atoms with E-state index in [0.717, 1.165) is 47.4 Å². The summed E-state index contributed by atoms with van der Waals surface area (Å²) in [4.78, 5) is 19.6. The first-order valence-electron chi connectivity index (χ1n) is 9.54. The van der Waals surface area contributed by atoms with E-state index in [1.54, 1.807) is 11.3 Å². The van der Waals surface area contributed by atoms with Gasteiger partial charge in [0.25, 0.3) is 0 Å². The normalized spacial score (nSPS) is 30.8. The number of amides is 2. The summed E-state index contributed by atoms with van der Waals surface area (Å²) in [6.07, 6.45) is 11.4. The first-order valence-corrected chi connectivity index (χ1v) is 10.4. The number of carbonyl (C=O) groups is 1. The van der Waals surface area contributed by atoms with E-state index in [9.17, 15) is 4.79 Å². The van der Waals surface area contributed by atoms with Gasteiger partial charge < -0.3 is 4.90 Å². The van der Waals surface area contributed by atoms with Crippen LogP contribution in [0.5, 0.6) is 0 Å². The van der Waals surface area contributed by atoms with Crippen molar-refractivity contribution in [2.24, 2.45) is 11.8 Å². The second-order valence-electron chi connectivity index (χ2n) is 7.94. The largest absolute Gasteiger partial charge is 0.324 e. The molecule has 0 aromatic carbocycles. The summed E-state index contributed by atoms with van der Waals surface area (Å²) in [5, 5.41) is 3.81. The Kier molecular flexibility index (Phi) is 5.85. The van der Waals surface area contributed by atoms with Gasteiger partial charge in [0, 0.05) is 18.3 Å². The predicted octanol–water partition coefficient (Wildman–Crippen LogP) is 3.39. The van der Waals surface area contributed by atoms with E-state index >= 15 is 0 Å². The minimum atomic E-state index is 0.0726. The zero-order valence-corrected chi connectivity index (χ0v) is 16.1. The first kappa shape index (κ1) is 17.8. The SMILES string of the molecule is Bc1cnc(NC(=O)N(C2CCC(C)CC2)C2CCC(C)CC2)s1. The predicted molar refractivity (Wildman–Crippen MR) is 104 cm³/mol. The van der Waals surface area contributed by atoms with Crippen molar-refractivity contribution in [3.8, 4) is 0 Å². The number of hydrogen-bond acceptors (Lipinski definition) is 3. The summed E-state index contributed by atoms with van der Waals surface area (Å²) in [7, 11) is 2.02. The first-order chi connectivity index (χ1) is 11.5. The summed E-state index contributed by atoms with van der Waals surface area (Å²) in [6, 6.07) is 0.879. The fraction of sp³-hybridized carbons (Fsp3) is 0.778. The van der Waals surface area contributed by atoms with Crippen LogP contribution in [0.25, 0.3) is 0 Å². The van der Waals surface area contributed by atoms with Gasteiger partial charge in [-0.2, -0.15) is 0 Å². The standard InChI is InChI=1S/C18H30BN3OS/c1-12-3-7-14(8-4-12)22(15-9-5-13(2)6-10-15)18(23)21-17-20-11-16(19)24-17/h11-15H,3-10,19H2,1-2H3,(H,20,21,23). The van der Waals surface area contributed by atoms with Crippen LogP contribution in [0.3, 0.4) is 0 Å². The second-order valence-corrected chi connectivity index (χ2v) is 9.18. The Balaban J connectivity index is 1.71. The minimum absolute atomic E-state index is 0.0726. The Morgan fingerprint density at radius 1 is 1.08 bits per heavy atom. The van der Waals surface area contributed by atoms with Crippen LogP contribution in [0.15, 0.2) is 6.20 Å². The highest BCUT2D eigenvalue weighted by Gasteiger charge is 2.34. The summed E-state index contributed by atoms with van der Waals surface area (Å²) in [5.41, 5.74) is 0. The maximum atomic E-state index is 13.1. The molecular formula is C18H30BN3OS. The van der Waals surface area contributed by atoms with Gasteiger partial charge in [-0.3, -0.25) is 5.32 Å². The van der Waals surface area contributed by atoms with Crippen molar-refractivity contribution < 1.29 is 4.79 Å². The molecule has 1 aromatic rings. The lowest BCUT2D eigenvalue weighted by molar-refractivity contribution is 0.0975. The number of anilines is 1. The smallest absolute Gasteiger partial charge is 0.319 e. The van der Waals surface area contributed by atoms with Gasteiger partial charge in [0.2, 0.25) is 0 Å². The molecule has 0 saturated heterocycles. The van der Waals surface area contributed by atoms with Crippen LogP contribution in [0.4, 0.5) is 9.93 Å². The van der Waals surface area contributed by atoms with Crippen molar-refractivity contribution in [3.05, 3.63) is 6.20 Å². The summed E-state index contributed by atoms with van der Waals surface area (Å²) >= 11 is 1.56. The van der Waals surface area contributed by atoms with Gasteiger partial charge in [-0.05, 0) is 68.0 Å². The van der Waals surface area contributed by atoms with Crippen LogP contribution in [0.2, 0.25) is 0 Å². The van der Waals surface area contributed by atoms with Gasteiger partial charge in [0.15, 0.2) is 13.0 Å². The number of nitrogens with one attached hydrogen (secondary N) is 1. The maximum absolute atomic E-state index is 13.1. The van der Waals surface area contributed by atoms with Gasteiger partial charge in [-0.25, -0.2) is 9.78 Å². The van der Waals surface area contributed by atoms with Gasteiger partial charge >= 0.3 is 6.03 Å². The molecule has 0 atom stereocenters. The van der Waals surface area contributed by atoms with Gasteiger partial charge in [0.1, 0.15) is 0 Å². The Morgan fingerprint density at radius 3 is 2.00 bits per heavy atom. The number of thiazole rings is 1. The number of nitrogens with zero attached hydrogens (tertiary/aromatic N) is 2. The van der Waals surface area contributed by atoms with Crippen LogP contribution in [-0.2, 0) is 0 Å². The molecule has 0 radical (unpaired) electrons. The van der Waals surface area contributed by atoms with E-state index in [1.165, 1.54) is 25.7 Å². The van der Waals surface area contributed by atoms with Gasteiger partial charge in [-0.15, -0.1) is 11.3 Å². The zero-order chi connectivity index (χ0) is 17.1. The number of aromatic nitrogens is 1. The molecule has 1 heterocycles. The van der Waals surface area contributed by atoms with E-state index in [0.29, 0.717) is 12.1 Å². The molecule has 3 rings (SSSR count). The molecule has 1 N–H and O–H groups in total. The summed E-state index contributed by atoms with van der Waals surface area (Å²) in [5.74, 6) is 1.61. The molecule has 2 fully saturated rings. The zero-order valence-electron chi connectivity index (χ0n) is 15.3. The van der Waals surface area contributed by atoms with Crippen LogP contribution < -0.4 is 10.1 Å². The molecular weight excluding hydrogens is 317 g/mol. The topological polar surface area (TPSA) is 45.2 Å². The van der Waals surface area contributed by atoms with E-state index in [4.69, 9.17) is 0 Å². The summed E-state index contributed by atoms with van der Waals surface area (Å²) in [6.45, 7) is 4.67. The minimum Gasteiger partial charge on any atom is -0.319 e. The van der Waals surface area contributed by atoms with Crippen molar-refractivity contribution >= 4 is 35.1 Å². The molecule has 132 valence electrons. The number of carbonyl (C=O) groups excluding carboxylic acids is 1. The Hall–Kier alpha value is -1.04. The van der Waals surface area contributed by atoms with E-state index in [2.05, 4.69) is 29.0 Å². The lowest BCUT2D eigenvalue weighted by Crippen LogP contribution is -2.51. The van der Waals surface area contributed by atoms with Crippen LogP contribution in [0, 0.1) is 11.8 Å². The molecule has 4 nitrogen and oxygen atoms in total. The third kappa shape index (κ3) is 4.32. The Bertz CT molecular complexity index is 526. The van der Waals surface area contributed by atoms with Crippen LogP contribution in [-0.4, -0.2) is 35.8 Å². The van der Waals surface area contributed by atoms with Crippen molar-refractivity contribution in [2.75, 3.05) is 5.32 Å².